The van der Waals surface area contributed by atoms with Crippen molar-refractivity contribution in [2.45, 2.75) is 6.92 Å². The minimum atomic E-state index is 0.689. The maximum atomic E-state index is 4.15. The summed E-state index contributed by atoms with van der Waals surface area (Å²) in [6, 6.07) is 9.98. The summed E-state index contributed by atoms with van der Waals surface area (Å²) in [6.07, 6.45) is 3.27. The molecule has 0 saturated carbocycles. The molecule has 0 atom stereocenters. The van der Waals surface area contributed by atoms with Crippen molar-refractivity contribution in [3.63, 3.8) is 0 Å². The first-order valence-electron chi connectivity index (χ1n) is 6.00. The lowest BCUT2D eigenvalue weighted by atomic mass is 10.2. The summed E-state index contributed by atoms with van der Waals surface area (Å²) >= 11 is 0. The van der Waals surface area contributed by atoms with E-state index >= 15 is 0 Å². The number of benzene rings is 1. The molecule has 2 aromatic rings. The van der Waals surface area contributed by atoms with Gasteiger partial charge in [-0.3, -0.25) is 5.43 Å². The smallest absolute Gasteiger partial charge is 0.149 e. The molecule has 0 spiro atoms. The van der Waals surface area contributed by atoms with Gasteiger partial charge in [0.1, 0.15) is 12.1 Å². The van der Waals surface area contributed by atoms with E-state index in [2.05, 4.69) is 37.5 Å². The molecule has 19 heavy (non-hydrogen) atoms. The van der Waals surface area contributed by atoms with E-state index in [0.29, 0.717) is 5.82 Å². The SMILES string of the molecule is Cc1cc(N/N=C/c2ccc(N(C)C)cc2)ncn1. The largest absolute Gasteiger partial charge is 0.378 e. The third-order valence-electron chi connectivity index (χ3n) is 2.61. The third-order valence-corrected chi connectivity index (χ3v) is 2.61. The van der Waals surface area contributed by atoms with Crippen molar-refractivity contribution in [1.29, 1.82) is 0 Å². The van der Waals surface area contributed by atoms with Gasteiger partial charge in [-0.25, -0.2) is 9.97 Å². The minimum absolute atomic E-state index is 0.689. The number of nitrogens with zero attached hydrogens (tertiary/aromatic N) is 4. The number of hydrogen-bond acceptors (Lipinski definition) is 5. The van der Waals surface area contributed by atoms with Gasteiger partial charge in [0.05, 0.1) is 6.21 Å². The molecule has 0 saturated heterocycles. The van der Waals surface area contributed by atoms with Crippen LogP contribution >= 0.6 is 0 Å². The van der Waals surface area contributed by atoms with Crippen molar-refractivity contribution in [2.24, 2.45) is 5.10 Å². The van der Waals surface area contributed by atoms with Crippen LogP contribution in [0, 0.1) is 6.92 Å². The molecular formula is C14H17N5. The van der Waals surface area contributed by atoms with E-state index in [1.165, 1.54) is 6.33 Å². The molecule has 1 N–H and O–H groups in total. The fourth-order valence-corrected chi connectivity index (χ4v) is 1.55. The van der Waals surface area contributed by atoms with Crippen molar-refractivity contribution in [3.8, 4) is 0 Å². The maximum absolute atomic E-state index is 4.15. The number of hydrazone groups is 1. The van der Waals surface area contributed by atoms with Gasteiger partial charge in [-0.05, 0) is 24.6 Å². The Hall–Kier alpha value is -2.43. The molecule has 1 aromatic carbocycles. The van der Waals surface area contributed by atoms with Crippen molar-refractivity contribution in [1.82, 2.24) is 9.97 Å². The predicted octanol–water partition coefficient (Wildman–Crippen LogP) is 2.30. The van der Waals surface area contributed by atoms with Crippen molar-refractivity contribution in [3.05, 3.63) is 47.9 Å². The Kier molecular flexibility index (Phi) is 4.07. The molecule has 1 heterocycles. The van der Waals surface area contributed by atoms with Crippen LogP contribution in [0.4, 0.5) is 11.5 Å². The number of rotatable bonds is 4. The average molecular weight is 255 g/mol. The molecule has 0 radical (unpaired) electrons. The molecule has 0 unspecified atom stereocenters. The van der Waals surface area contributed by atoms with Gasteiger partial charge >= 0.3 is 0 Å². The molecule has 5 heteroatoms. The molecule has 98 valence electrons. The predicted molar refractivity (Wildman–Crippen MR) is 78.8 cm³/mol. The van der Waals surface area contributed by atoms with Crippen LogP contribution in [-0.4, -0.2) is 30.3 Å². The van der Waals surface area contributed by atoms with Crippen LogP contribution in [0.15, 0.2) is 41.8 Å². The van der Waals surface area contributed by atoms with Crippen LogP contribution in [-0.2, 0) is 0 Å². The molecule has 0 aliphatic rings. The lowest BCUT2D eigenvalue weighted by Gasteiger charge is -2.11. The van der Waals surface area contributed by atoms with Crippen molar-refractivity contribution in [2.75, 3.05) is 24.4 Å². The monoisotopic (exact) mass is 255 g/mol. The molecule has 5 nitrogen and oxygen atoms in total. The van der Waals surface area contributed by atoms with Gasteiger partial charge < -0.3 is 4.90 Å². The third kappa shape index (κ3) is 3.77. The Bertz CT molecular complexity index is 560. The number of anilines is 2. The van der Waals surface area contributed by atoms with Gasteiger partial charge in [0.25, 0.3) is 0 Å². The molecule has 1 aromatic heterocycles. The number of aromatic nitrogens is 2. The van der Waals surface area contributed by atoms with Gasteiger partial charge in [0.15, 0.2) is 0 Å². The summed E-state index contributed by atoms with van der Waals surface area (Å²) in [5, 5.41) is 4.15. The summed E-state index contributed by atoms with van der Waals surface area (Å²) in [6.45, 7) is 1.91. The normalized spacial score (nSPS) is 10.7. The second-order valence-electron chi connectivity index (χ2n) is 4.40. The lowest BCUT2D eigenvalue weighted by molar-refractivity contribution is 1.09. The van der Waals surface area contributed by atoms with E-state index in [1.807, 2.05) is 39.2 Å². The first-order chi connectivity index (χ1) is 9.15. The molecule has 0 bridgehead atoms. The quantitative estimate of drug-likeness (QED) is 0.673. The van der Waals surface area contributed by atoms with Crippen LogP contribution in [0.3, 0.4) is 0 Å². The lowest BCUT2D eigenvalue weighted by Crippen LogP contribution is -2.08. The van der Waals surface area contributed by atoms with E-state index in [-0.39, 0.29) is 0 Å². The Morgan fingerprint density at radius 1 is 1.16 bits per heavy atom. The van der Waals surface area contributed by atoms with Crippen LogP contribution in [0.2, 0.25) is 0 Å². The Morgan fingerprint density at radius 3 is 2.53 bits per heavy atom. The summed E-state index contributed by atoms with van der Waals surface area (Å²) in [7, 11) is 4.03. The fraction of sp³-hybridized carbons (Fsp3) is 0.214. The zero-order chi connectivity index (χ0) is 13.7. The second kappa shape index (κ2) is 5.95. The second-order valence-corrected chi connectivity index (χ2v) is 4.40. The van der Waals surface area contributed by atoms with Gasteiger partial charge in [-0.2, -0.15) is 5.10 Å². The summed E-state index contributed by atoms with van der Waals surface area (Å²) in [5.74, 6) is 0.689. The van der Waals surface area contributed by atoms with Crippen molar-refractivity contribution < 1.29 is 0 Å². The summed E-state index contributed by atoms with van der Waals surface area (Å²) in [4.78, 5) is 10.1. The molecular weight excluding hydrogens is 238 g/mol. The van der Waals surface area contributed by atoms with E-state index in [1.54, 1.807) is 6.21 Å². The van der Waals surface area contributed by atoms with Gasteiger partial charge in [-0.15, -0.1) is 0 Å². The molecule has 0 fully saturated rings. The first kappa shape index (κ1) is 13.0. The maximum Gasteiger partial charge on any atom is 0.149 e. The van der Waals surface area contributed by atoms with Crippen LogP contribution in [0.1, 0.15) is 11.3 Å². The number of hydrogen-bond donors (Lipinski definition) is 1. The average Bonchev–Trinajstić information content (AvgIpc) is 2.39. The van der Waals surface area contributed by atoms with E-state index in [4.69, 9.17) is 0 Å². The van der Waals surface area contributed by atoms with E-state index < -0.39 is 0 Å². The van der Waals surface area contributed by atoms with Crippen LogP contribution in [0.5, 0.6) is 0 Å². The van der Waals surface area contributed by atoms with Crippen LogP contribution < -0.4 is 10.3 Å². The molecule has 2 rings (SSSR count). The highest BCUT2D eigenvalue weighted by Gasteiger charge is 1.94. The number of aryl methyl sites for hydroxylation is 1. The molecule has 0 amide bonds. The fourth-order valence-electron chi connectivity index (χ4n) is 1.55. The standard InChI is InChI=1S/C14H17N5/c1-11-8-14(16-10-15-11)18-17-9-12-4-6-13(7-5-12)19(2)3/h4-10H,1-3H3,(H,15,16,18)/b17-9+. The highest BCUT2D eigenvalue weighted by molar-refractivity contribution is 5.80. The van der Waals surface area contributed by atoms with Crippen LogP contribution in [0.25, 0.3) is 0 Å². The van der Waals surface area contributed by atoms with Crippen molar-refractivity contribution >= 4 is 17.7 Å². The van der Waals surface area contributed by atoms with Gasteiger partial charge in [0.2, 0.25) is 0 Å². The zero-order valence-electron chi connectivity index (χ0n) is 11.3. The Labute approximate surface area is 113 Å². The molecule has 0 aliphatic heterocycles. The Balaban J connectivity index is 1.99. The van der Waals surface area contributed by atoms with E-state index in [9.17, 15) is 0 Å². The van der Waals surface area contributed by atoms with Gasteiger partial charge in [-0.1, -0.05) is 12.1 Å². The first-order valence-corrected chi connectivity index (χ1v) is 6.00. The summed E-state index contributed by atoms with van der Waals surface area (Å²) in [5.41, 5.74) is 5.98. The number of nitrogens with one attached hydrogen (secondary N) is 1. The molecule has 0 aliphatic carbocycles. The topological polar surface area (TPSA) is 53.4 Å². The highest BCUT2D eigenvalue weighted by atomic mass is 15.3. The zero-order valence-corrected chi connectivity index (χ0v) is 11.3. The Morgan fingerprint density at radius 2 is 1.89 bits per heavy atom. The van der Waals surface area contributed by atoms with Gasteiger partial charge in [0, 0.05) is 31.5 Å². The van der Waals surface area contributed by atoms with E-state index in [0.717, 1.165) is 16.9 Å². The highest BCUT2D eigenvalue weighted by Crippen LogP contribution is 2.11. The summed E-state index contributed by atoms with van der Waals surface area (Å²) < 4.78 is 0. The minimum Gasteiger partial charge on any atom is -0.378 e.